The number of carboxylic acid groups (broad SMARTS) is 1. The summed E-state index contributed by atoms with van der Waals surface area (Å²) >= 11 is 0. The average molecular weight is 1500 g/mol. The van der Waals surface area contributed by atoms with Gasteiger partial charge in [-0.3, -0.25) is 4.79 Å². The molecule has 0 unspecified atom stereocenters. The lowest BCUT2D eigenvalue weighted by Gasteiger charge is -2.31. The minimum atomic E-state index is -5.25. The van der Waals surface area contributed by atoms with Crippen molar-refractivity contribution in [2.24, 2.45) is 35.5 Å². The highest BCUT2D eigenvalue weighted by Crippen LogP contribution is 2.39. The number of ketones is 1. The minimum Gasteiger partial charge on any atom is -0.544 e. The average Bonchev–Trinajstić information content (AvgIpc) is 0.788. The molecule has 0 saturated heterocycles. The Balaban J connectivity index is 0.00000116. The molecule has 104 heavy (non-hydrogen) atoms. The molecule has 0 atom stereocenters. The number of methoxy groups -OCH3 is 1. The number of benzene rings is 5. The number of carboxylic acids is 1. The van der Waals surface area contributed by atoms with Crippen LogP contribution in [-0.2, 0) is 39.1 Å². The second-order valence-corrected chi connectivity index (χ2v) is 30.6. The zero-order valence-corrected chi connectivity index (χ0v) is 64.0. The number of Topliss-reactive ketones (excluding diaryl/α,β-unsaturated/α-hetero) is 1. The van der Waals surface area contributed by atoms with Crippen LogP contribution in [0.1, 0.15) is 134 Å². The van der Waals surface area contributed by atoms with Crippen molar-refractivity contribution < 1.29 is 86.3 Å². The minimum absolute atomic E-state index is 0.0514. The van der Waals surface area contributed by atoms with Gasteiger partial charge in [0.2, 0.25) is 17.1 Å². The normalized spacial score (nSPS) is 12.3. The van der Waals surface area contributed by atoms with E-state index >= 15 is 0 Å². The summed E-state index contributed by atoms with van der Waals surface area (Å²) in [6.45, 7) is 36.6. The molecule has 0 saturated carbocycles. The third kappa shape index (κ3) is 28.8. The van der Waals surface area contributed by atoms with Crippen LogP contribution in [0.15, 0.2) is 140 Å². The van der Waals surface area contributed by atoms with Crippen LogP contribution in [0, 0.1) is 35.5 Å². The molecule has 0 radical (unpaired) electrons. The van der Waals surface area contributed by atoms with Crippen LogP contribution in [0.5, 0.6) is 0 Å². The highest BCUT2D eigenvalue weighted by Gasteiger charge is 2.39. The fourth-order valence-corrected chi connectivity index (χ4v) is 11.4. The molecule has 572 valence electrons. The predicted molar refractivity (Wildman–Crippen MR) is 401 cm³/mol. The van der Waals surface area contributed by atoms with E-state index in [1.165, 1.54) is 42.2 Å². The molecule has 0 heterocycles. The summed E-state index contributed by atoms with van der Waals surface area (Å²) in [5.41, 5.74) is 0.399. The summed E-state index contributed by atoms with van der Waals surface area (Å²) in [7, 11) is -7.51. The van der Waals surface area contributed by atoms with E-state index in [2.05, 4.69) is 243 Å². The molecule has 0 amide bonds. The molecule has 0 fully saturated rings. The molecule has 0 aromatic heterocycles. The van der Waals surface area contributed by atoms with E-state index in [9.17, 15) is 62.7 Å². The number of esters is 1. The monoisotopic (exact) mass is 1500 g/mol. The smallest absolute Gasteiger partial charge is 0.480 e. The van der Waals surface area contributed by atoms with Crippen LogP contribution in [-0.4, -0.2) is 160 Å². The van der Waals surface area contributed by atoms with Crippen molar-refractivity contribution in [1.82, 2.24) is 4.58 Å². The van der Waals surface area contributed by atoms with E-state index in [1.807, 2.05) is 0 Å². The van der Waals surface area contributed by atoms with Gasteiger partial charge in [0.15, 0.2) is 31.5 Å². The van der Waals surface area contributed by atoms with Gasteiger partial charge in [-0.05, 0) is 134 Å². The number of sulfonamides is 2. The van der Waals surface area contributed by atoms with Crippen LogP contribution in [0.4, 0.5) is 71.8 Å². The predicted octanol–water partition coefficient (Wildman–Crippen LogP) is 16.6. The van der Waals surface area contributed by atoms with E-state index in [1.54, 1.807) is 7.11 Å². The summed E-state index contributed by atoms with van der Waals surface area (Å²) < 4.78 is 126. The SMILES string of the molecule is COCCCN(CC(C)C)c1ccc([N+](=C2C=CC(=[N+](CC(C)C)CC(C)C)C=C2)c2ccc(N(c3ccc(N(CCCOC(=O)c4ccc(C(C)=O)c(C(=O)O)c4)CC(C)C)cc3)c3ccc(N(CC(C)C)CC(C)C)cc3)cc2)cc1.C[N-]S(=O)(=O)C(F)(F)F.C[N-]S(=O)(=O)C(F)(F)F.O=C=O. The first kappa shape index (κ1) is 89.7. The van der Waals surface area contributed by atoms with Crippen molar-refractivity contribution in [2.75, 3.05) is 106 Å². The largest absolute Gasteiger partial charge is 0.544 e. The third-order valence-corrected chi connectivity index (χ3v) is 17.4. The summed E-state index contributed by atoms with van der Waals surface area (Å²) in [5.74, 6) is 0.693. The first-order valence-corrected chi connectivity index (χ1v) is 37.0. The maximum absolute atomic E-state index is 13.1. The standard InChI is InChI=1S/C71H95N6O6.2C2H3F3NO2S.CO2/c1-50(2)44-72(39-15-41-82-14)58-18-26-62(27-19-58)76(64-30-22-60(23-31-64)74(46-52(5)6)47-53(7)8)66-34-36-67(37-35-66)77(65-32-24-61(25-33-65)75(48-54(9)10)49-55(11)12)63-28-20-59(21-29-63)73(45-51(3)4)40-16-42-83-71(81)57-17-38-68(56(13)78)69(43-57)70(79)80;2*1-6-9(7,8)2(3,4)5;2-1-3/h17-38,43,50-55H,15-16,39-42,44-49H2,1-14H3;2*1H3;/q+1;2*-1;/p+1. The number of carbonyl (C=O) groups is 3. The quantitative estimate of drug-likeness (QED) is 0.0103. The molecular formula is C76H102F6N8O12S2. The number of alkyl halides is 6. The topological polar surface area (TPSA) is 239 Å². The van der Waals surface area contributed by atoms with Crippen LogP contribution >= 0.6 is 0 Å². The molecule has 6 rings (SSSR count). The number of allylic oxidation sites excluding steroid dienone is 4. The number of ether oxygens (including phenoxy) is 2. The fourth-order valence-electron chi connectivity index (χ4n) is 11.0. The van der Waals surface area contributed by atoms with E-state index in [0.717, 1.165) is 98.7 Å². The molecule has 0 aliphatic heterocycles. The van der Waals surface area contributed by atoms with Crippen molar-refractivity contribution in [3.05, 3.63) is 166 Å². The van der Waals surface area contributed by atoms with Gasteiger partial charge in [0, 0.05) is 153 Å². The van der Waals surface area contributed by atoms with Gasteiger partial charge in [-0.2, -0.15) is 54.6 Å². The Morgan fingerprint density at radius 1 is 0.500 bits per heavy atom. The molecule has 5 aromatic carbocycles. The number of nitrogens with zero attached hydrogens (tertiary/aromatic N) is 8. The second kappa shape index (κ2) is 42.4. The summed E-state index contributed by atoms with van der Waals surface area (Å²) in [4.78, 5) is 62.9. The Hall–Kier alpha value is -8.53. The molecule has 1 aliphatic rings. The van der Waals surface area contributed by atoms with Crippen molar-refractivity contribution in [1.29, 1.82) is 0 Å². The Labute approximate surface area is 610 Å². The maximum atomic E-state index is 13.1. The number of rotatable bonds is 33. The van der Waals surface area contributed by atoms with Crippen LogP contribution in [0.3, 0.4) is 0 Å². The number of aromatic carboxylic acids is 1. The Bertz CT molecular complexity index is 3860. The highest BCUT2D eigenvalue weighted by molar-refractivity contribution is 7.95. The molecule has 1 N–H and O–H groups in total. The first-order chi connectivity index (χ1) is 48.6. The zero-order valence-electron chi connectivity index (χ0n) is 62.3. The van der Waals surface area contributed by atoms with Crippen molar-refractivity contribution in [3.8, 4) is 0 Å². The second-order valence-electron chi connectivity index (χ2n) is 27.1. The van der Waals surface area contributed by atoms with Gasteiger partial charge in [0.25, 0.3) is 0 Å². The van der Waals surface area contributed by atoms with Crippen LogP contribution < -0.4 is 24.2 Å². The lowest BCUT2D eigenvalue weighted by Crippen LogP contribution is -2.31. The summed E-state index contributed by atoms with van der Waals surface area (Å²) in [5, 5.41) is 9.70. The fraction of sp³-hybridized carbons (Fsp3) is 0.474. The highest BCUT2D eigenvalue weighted by atomic mass is 32.2. The van der Waals surface area contributed by atoms with E-state index in [-0.39, 0.29) is 35.2 Å². The number of halogens is 6. The number of carbonyl (C=O) groups excluding carboxylic acids is 4. The number of anilines is 6. The Morgan fingerprint density at radius 3 is 1.16 bits per heavy atom. The molecule has 5 aromatic rings. The van der Waals surface area contributed by atoms with Gasteiger partial charge in [0.1, 0.15) is 13.1 Å². The summed E-state index contributed by atoms with van der Waals surface area (Å²) in [6.07, 6.45) is 10.9. The lowest BCUT2D eigenvalue weighted by molar-refractivity contribution is -0.538. The first-order valence-electron chi connectivity index (χ1n) is 34.1. The maximum Gasteiger partial charge on any atom is 0.480 e. The number of hydrogen-bond donors (Lipinski definition) is 1. The third-order valence-electron chi connectivity index (χ3n) is 15.3. The van der Waals surface area contributed by atoms with Gasteiger partial charge in [0.05, 0.1) is 17.7 Å². The van der Waals surface area contributed by atoms with E-state index in [0.29, 0.717) is 62.6 Å². The molecule has 1 aliphatic carbocycles. The van der Waals surface area contributed by atoms with E-state index in [4.69, 9.17) is 19.1 Å². The van der Waals surface area contributed by atoms with Gasteiger partial charge in [-0.25, -0.2) is 31.0 Å². The number of hydrogen-bond acceptors (Lipinski definition) is 15. The van der Waals surface area contributed by atoms with Gasteiger partial charge < -0.3 is 43.6 Å². The Morgan fingerprint density at radius 2 is 0.837 bits per heavy atom. The van der Waals surface area contributed by atoms with E-state index < -0.39 is 43.0 Å². The van der Waals surface area contributed by atoms with Crippen LogP contribution in [0.25, 0.3) is 9.44 Å². The van der Waals surface area contributed by atoms with Gasteiger partial charge in [-0.15, -0.1) is 0 Å². The Kier molecular flexibility index (Phi) is 36.6. The summed E-state index contributed by atoms with van der Waals surface area (Å²) in [6, 6.07) is 39.7. The van der Waals surface area contributed by atoms with Crippen molar-refractivity contribution in [3.63, 3.8) is 0 Å². The van der Waals surface area contributed by atoms with Gasteiger partial charge >= 0.3 is 29.1 Å². The molecule has 0 bridgehead atoms. The van der Waals surface area contributed by atoms with Crippen LogP contribution in [0.2, 0.25) is 0 Å². The van der Waals surface area contributed by atoms with Crippen molar-refractivity contribution >= 4 is 101 Å². The molecule has 20 nitrogen and oxygen atoms in total. The lowest BCUT2D eigenvalue weighted by atomic mass is 10.0. The molecular weight excluding hydrogens is 1400 g/mol. The van der Waals surface area contributed by atoms with Crippen molar-refractivity contribution in [2.45, 2.75) is 114 Å². The molecule has 28 heteroatoms. The zero-order chi connectivity index (χ0) is 78.5. The van der Waals surface area contributed by atoms with Gasteiger partial charge in [-0.1, -0.05) is 83.1 Å². The molecule has 0 spiro atoms.